The Bertz CT molecular complexity index is 687. The highest BCUT2D eigenvalue weighted by molar-refractivity contribution is 9.10. The number of anilines is 1. The summed E-state index contributed by atoms with van der Waals surface area (Å²) < 4.78 is 11.1. The van der Waals surface area contributed by atoms with Crippen molar-refractivity contribution in [1.82, 2.24) is 4.98 Å². The second kappa shape index (κ2) is 8.07. The van der Waals surface area contributed by atoms with Crippen LogP contribution in [0.25, 0.3) is 0 Å². The summed E-state index contributed by atoms with van der Waals surface area (Å²) in [6.45, 7) is 1.65. The van der Waals surface area contributed by atoms with E-state index >= 15 is 0 Å². The standard InChI is InChI=1S/C15H15BrN2O4S/c1-9(22-12-5-3-10(16)4-6-12)14(20)18-15-17-11(8-23-15)7-13(19)21-2/h3-6,8-9H,7H2,1-2H3,(H,17,18,20). The lowest BCUT2D eigenvalue weighted by Gasteiger charge is -2.13. The maximum atomic E-state index is 12.1. The molecular weight excluding hydrogens is 384 g/mol. The molecule has 2 aromatic rings. The van der Waals surface area contributed by atoms with Crippen LogP contribution in [0.2, 0.25) is 0 Å². The van der Waals surface area contributed by atoms with Gasteiger partial charge in [0.2, 0.25) is 0 Å². The quantitative estimate of drug-likeness (QED) is 0.756. The minimum Gasteiger partial charge on any atom is -0.481 e. The summed E-state index contributed by atoms with van der Waals surface area (Å²) in [5.41, 5.74) is 0.554. The van der Waals surface area contributed by atoms with Crippen molar-refractivity contribution in [1.29, 1.82) is 0 Å². The summed E-state index contributed by atoms with van der Waals surface area (Å²) in [7, 11) is 1.32. The van der Waals surface area contributed by atoms with Crippen LogP contribution in [0.5, 0.6) is 5.75 Å². The summed E-state index contributed by atoms with van der Waals surface area (Å²) in [5, 5.41) is 4.79. The molecule has 1 N–H and O–H groups in total. The van der Waals surface area contributed by atoms with Gasteiger partial charge in [-0.05, 0) is 31.2 Å². The first-order valence-electron chi connectivity index (χ1n) is 6.72. The summed E-state index contributed by atoms with van der Waals surface area (Å²) >= 11 is 4.58. The third kappa shape index (κ3) is 5.33. The number of thiazole rings is 1. The van der Waals surface area contributed by atoms with Crippen molar-refractivity contribution in [3.05, 3.63) is 39.8 Å². The number of carbonyl (C=O) groups excluding carboxylic acids is 2. The van der Waals surface area contributed by atoms with E-state index in [1.54, 1.807) is 24.4 Å². The van der Waals surface area contributed by atoms with E-state index in [4.69, 9.17) is 4.74 Å². The van der Waals surface area contributed by atoms with Crippen molar-refractivity contribution >= 4 is 44.3 Å². The van der Waals surface area contributed by atoms with Crippen LogP contribution in [-0.2, 0) is 20.7 Å². The lowest BCUT2D eigenvalue weighted by molar-refractivity contribution is -0.139. The molecule has 8 heteroatoms. The number of benzene rings is 1. The van der Waals surface area contributed by atoms with Crippen LogP contribution in [0.3, 0.4) is 0 Å². The van der Waals surface area contributed by atoms with Gasteiger partial charge in [-0.25, -0.2) is 4.98 Å². The molecule has 1 atom stereocenters. The Morgan fingerprint density at radius 1 is 1.35 bits per heavy atom. The highest BCUT2D eigenvalue weighted by atomic mass is 79.9. The van der Waals surface area contributed by atoms with E-state index in [0.29, 0.717) is 16.6 Å². The smallest absolute Gasteiger partial charge is 0.311 e. The first-order valence-corrected chi connectivity index (χ1v) is 8.39. The van der Waals surface area contributed by atoms with Crippen LogP contribution in [0.4, 0.5) is 5.13 Å². The fourth-order valence-corrected chi connectivity index (χ4v) is 2.62. The zero-order chi connectivity index (χ0) is 16.8. The molecule has 6 nitrogen and oxygen atoms in total. The zero-order valence-corrected chi connectivity index (χ0v) is 14.9. The van der Waals surface area contributed by atoms with Crippen LogP contribution < -0.4 is 10.1 Å². The van der Waals surface area contributed by atoms with Gasteiger partial charge in [0, 0.05) is 9.85 Å². The number of nitrogens with one attached hydrogen (secondary N) is 1. The van der Waals surface area contributed by atoms with Crippen molar-refractivity contribution in [2.24, 2.45) is 0 Å². The van der Waals surface area contributed by atoms with Crippen molar-refractivity contribution in [3.63, 3.8) is 0 Å². The van der Waals surface area contributed by atoms with Gasteiger partial charge in [-0.3, -0.25) is 14.9 Å². The normalized spacial score (nSPS) is 11.6. The SMILES string of the molecule is COC(=O)Cc1csc(NC(=O)C(C)Oc2ccc(Br)cc2)n1. The van der Waals surface area contributed by atoms with Crippen LogP contribution >= 0.6 is 27.3 Å². The number of carbonyl (C=O) groups is 2. The molecule has 1 aromatic carbocycles. The number of esters is 1. The number of halogens is 1. The van der Waals surface area contributed by atoms with Crippen LogP contribution in [0.15, 0.2) is 34.1 Å². The number of aromatic nitrogens is 1. The van der Waals surface area contributed by atoms with Gasteiger partial charge in [0.15, 0.2) is 11.2 Å². The molecule has 1 unspecified atom stereocenters. The van der Waals surface area contributed by atoms with Crippen LogP contribution in [0.1, 0.15) is 12.6 Å². The minimum atomic E-state index is -0.677. The number of hydrogen-bond acceptors (Lipinski definition) is 6. The van der Waals surface area contributed by atoms with Crippen molar-refractivity contribution in [2.75, 3.05) is 12.4 Å². The molecule has 0 saturated heterocycles. The monoisotopic (exact) mass is 398 g/mol. The number of methoxy groups -OCH3 is 1. The second-order valence-corrected chi connectivity index (χ2v) is 6.37. The molecule has 1 amide bonds. The number of ether oxygens (including phenoxy) is 2. The molecule has 23 heavy (non-hydrogen) atoms. The van der Waals surface area contributed by atoms with Gasteiger partial charge >= 0.3 is 5.97 Å². The van der Waals surface area contributed by atoms with Gasteiger partial charge in [0.1, 0.15) is 5.75 Å². The molecule has 0 spiro atoms. The first kappa shape index (κ1) is 17.4. The molecule has 0 bridgehead atoms. The summed E-state index contributed by atoms with van der Waals surface area (Å²) in [5.74, 6) is -0.0895. The molecule has 0 aliphatic carbocycles. The molecule has 0 aliphatic rings. The average Bonchev–Trinajstić information content (AvgIpc) is 2.96. The molecule has 2 rings (SSSR count). The molecule has 0 fully saturated rings. The molecular formula is C15H15BrN2O4S. The highest BCUT2D eigenvalue weighted by Crippen LogP contribution is 2.19. The van der Waals surface area contributed by atoms with Crippen molar-refractivity contribution in [2.45, 2.75) is 19.4 Å². The summed E-state index contributed by atoms with van der Waals surface area (Å²) in [6.07, 6.45) is -0.600. The van der Waals surface area contributed by atoms with Crippen LogP contribution in [-0.4, -0.2) is 30.1 Å². The van der Waals surface area contributed by atoms with Crippen LogP contribution in [0, 0.1) is 0 Å². The Hall–Kier alpha value is -1.93. The predicted octanol–water partition coefficient (Wildman–Crippen LogP) is 3.03. The van der Waals surface area contributed by atoms with Crippen molar-refractivity contribution in [3.8, 4) is 5.75 Å². The minimum absolute atomic E-state index is 0.0772. The molecule has 0 aliphatic heterocycles. The number of rotatable bonds is 6. The van der Waals surface area contributed by atoms with Gasteiger partial charge < -0.3 is 9.47 Å². The van der Waals surface area contributed by atoms with E-state index in [0.717, 1.165) is 4.47 Å². The lowest BCUT2D eigenvalue weighted by atomic mass is 10.3. The van der Waals surface area contributed by atoms with Gasteiger partial charge in [-0.2, -0.15) is 0 Å². The van der Waals surface area contributed by atoms with E-state index in [1.807, 2.05) is 12.1 Å². The van der Waals surface area contributed by atoms with E-state index in [-0.39, 0.29) is 18.3 Å². The second-order valence-electron chi connectivity index (χ2n) is 4.60. The van der Waals surface area contributed by atoms with Gasteiger partial charge in [0.25, 0.3) is 5.91 Å². The van der Waals surface area contributed by atoms with E-state index in [2.05, 4.69) is 31.0 Å². The molecule has 0 saturated carbocycles. The fraction of sp³-hybridized carbons (Fsp3) is 0.267. The number of hydrogen-bond donors (Lipinski definition) is 1. The molecule has 122 valence electrons. The molecule has 1 heterocycles. The topological polar surface area (TPSA) is 77.5 Å². The third-order valence-corrected chi connectivity index (χ3v) is 4.17. The highest BCUT2D eigenvalue weighted by Gasteiger charge is 2.17. The predicted molar refractivity (Wildman–Crippen MR) is 90.7 cm³/mol. The van der Waals surface area contributed by atoms with Gasteiger partial charge in [0.05, 0.1) is 19.2 Å². The average molecular weight is 399 g/mol. The maximum absolute atomic E-state index is 12.1. The lowest BCUT2D eigenvalue weighted by Crippen LogP contribution is -2.30. The van der Waals surface area contributed by atoms with Crippen molar-refractivity contribution < 1.29 is 19.1 Å². The summed E-state index contributed by atoms with van der Waals surface area (Å²) in [6, 6.07) is 7.21. The van der Waals surface area contributed by atoms with E-state index in [9.17, 15) is 9.59 Å². The molecule has 0 radical (unpaired) electrons. The van der Waals surface area contributed by atoms with E-state index in [1.165, 1.54) is 18.4 Å². The largest absolute Gasteiger partial charge is 0.481 e. The number of amides is 1. The first-order chi connectivity index (χ1) is 11.0. The Morgan fingerprint density at radius 2 is 2.04 bits per heavy atom. The van der Waals surface area contributed by atoms with Gasteiger partial charge in [-0.1, -0.05) is 15.9 Å². The van der Waals surface area contributed by atoms with E-state index < -0.39 is 6.10 Å². The Labute approximate surface area is 146 Å². The molecule has 1 aromatic heterocycles. The summed E-state index contributed by atoms with van der Waals surface area (Å²) in [4.78, 5) is 27.4. The maximum Gasteiger partial charge on any atom is 0.311 e. The third-order valence-electron chi connectivity index (χ3n) is 2.83. The zero-order valence-electron chi connectivity index (χ0n) is 12.5. The van der Waals surface area contributed by atoms with Gasteiger partial charge in [-0.15, -0.1) is 11.3 Å². The fourth-order valence-electron chi connectivity index (χ4n) is 1.64. The number of nitrogens with zero attached hydrogens (tertiary/aromatic N) is 1. The Morgan fingerprint density at radius 3 is 2.70 bits per heavy atom. The Kier molecular flexibility index (Phi) is 6.12. The Balaban J connectivity index is 1.90.